The molecular formula is C14H18ClNO2. The number of nitrogens with zero attached hydrogens (tertiary/aromatic N) is 1. The van der Waals surface area contributed by atoms with Crippen molar-refractivity contribution in [1.29, 1.82) is 0 Å². The molecule has 0 saturated carbocycles. The van der Waals surface area contributed by atoms with E-state index in [1.165, 1.54) is 5.56 Å². The molecule has 1 fully saturated rings. The minimum Gasteiger partial charge on any atom is -0.481 e. The Labute approximate surface area is 112 Å². The normalized spacial score (nSPS) is 20.9. The Bertz CT molecular complexity index is 427. The zero-order valence-corrected chi connectivity index (χ0v) is 11.3. The van der Waals surface area contributed by atoms with Crippen LogP contribution in [0.2, 0.25) is 5.02 Å². The molecule has 1 aliphatic heterocycles. The van der Waals surface area contributed by atoms with Crippen LogP contribution < -0.4 is 0 Å². The number of piperidine rings is 1. The van der Waals surface area contributed by atoms with Gasteiger partial charge in [0.25, 0.3) is 0 Å². The van der Waals surface area contributed by atoms with Crippen LogP contribution in [-0.4, -0.2) is 29.1 Å². The molecule has 0 unspecified atom stereocenters. The number of halogens is 1. The fraction of sp³-hybridized carbons (Fsp3) is 0.500. The summed E-state index contributed by atoms with van der Waals surface area (Å²) < 4.78 is 0. The molecule has 0 amide bonds. The lowest BCUT2D eigenvalue weighted by Crippen LogP contribution is -2.38. The summed E-state index contributed by atoms with van der Waals surface area (Å²) >= 11 is 6.20. The molecule has 3 nitrogen and oxygen atoms in total. The first-order chi connectivity index (χ1) is 8.58. The molecule has 1 saturated heterocycles. The van der Waals surface area contributed by atoms with Gasteiger partial charge in [0.2, 0.25) is 0 Å². The van der Waals surface area contributed by atoms with Crippen molar-refractivity contribution in [2.24, 2.45) is 5.92 Å². The SMILES string of the molecule is Cc1cccc(Cl)c1CN1CCC[C@@H](C(=O)O)C1. The zero-order chi connectivity index (χ0) is 13.1. The monoisotopic (exact) mass is 267 g/mol. The maximum Gasteiger partial charge on any atom is 0.307 e. The predicted octanol–water partition coefficient (Wildman–Crippen LogP) is 2.95. The number of carboxylic acids is 1. The fourth-order valence-corrected chi connectivity index (χ4v) is 2.77. The molecule has 1 aromatic rings. The molecule has 0 aliphatic carbocycles. The highest BCUT2D eigenvalue weighted by Gasteiger charge is 2.25. The first-order valence-corrected chi connectivity index (χ1v) is 6.65. The molecule has 0 radical (unpaired) electrons. The predicted molar refractivity (Wildman–Crippen MR) is 71.8 cm³/mol. The van der Waals surface area contributed by atoms with Crippen LogP contribution in [0.15, 0.2) is 18.2 Å². The van der Waals surface area contributed by atoms with Crippen molar-refractivity contribution < 1.29 is 9.90 Å². The Morgan fingerprint density at radius 3 is 3.00 bits per heavy atom. The Hall–Kier alpha value is -1.06. The highest BCUT2D eigenvalue weighted by Crippen LogP contribution is 2.24. The molecule has 18 heavy (non-hydrogen) atoms. The number of rotatable bonds is 3. The lowest BCUT2D eigenvalue weighted by atomic mass is 9.97. The molecule has 1 aliphatic rings. The molecular weight excluding hydrogens is 250 g/mol. The van der Waals surface area contributed by atoms with Gasteiger partial charge >= 0.3 is 5.97 Å². The maximum atomic E-state index is 11.0. The summed E-state index contributed by atoms with van der Waals surface area (Å²) in [7, 11) is 0. The highest BCUT2D eigenvalue weighted by atomic mass is 35.5. The Morgan fingerprint density at radius 2 is 2.33 bits per heavy atom. The molecule has 2 rings (SSSR count). The first kappa shape index (κ1) is 13.4. The van der Waals surface area contributed by atoms with E-state index in [0.29, 0.717) is 6.54 Å². The number of carboxylic acid groups (broad SMARTS) is 1. The molecule has 1 atom stereocenters. The van der Waals surface area contributed by atoms with Gasteiger partial charge in [-0.1, -0.05) is 23.7 Å². The minimum atomic E-state index is -0.685. The number of carbonyl (C=O) groups is 1. The van der Waals surface area contributed by atoms with E-state index in [1.807, 2.05) is 25.1 Å². The smallest absolute Gasteiger partial charge is 0.307 e. The second kappa shape index (κ2) is 5.72. The Morgan fingerprint density at radius 1 is 1.56 bits per heavy atom. The lowest BCUT2D eigenvalue weighted by molar-refractivity contribution is -0.143. The molecule has 1 aromatic carbocycles. The van der Waals surface area contributed by atoms with E-state index in [0.717, 1.165) is 36.5 Å². The van der Waals surface area contributed by atoms with Gasteiger partial charge in [0.15, 0.2) is 0 Å². The van der Waals surface area contributed by atoms with E-state index < -0.39 is 5.97 Å². The van der Waals surface area contributed by atoms with Crippen LogP contribution in [0.1, 0.15) is 24.0 Å². The van der Waals surface area contributed by atoms with Gasteiger partial charge in [-0.15, -0.1) is 0 Å². The largest absolute Gasteiger partial charge is 0.481 e. The second-order valence-corrected chi connectivity index (χ2v) is 5.35. The van der Waals surface area contributed by atoms with Gasteiger partial charge in [0.05, 0.1) is 5.92 Å². The van der Waals surface area contributed by atoms with Crippen molar-refractivity contribution in [3.63, 3.8) is 0 Å². The van der Waals surface area contributed by atoms with Crippen LogP contribution >= 0.6 is 11.6 Å². The number of aryl methyl sites for hydroxylation is 1. The quantitative estimate of drug-likeness (QED) is 0.915. The molecule has 0 spiro atoms. The van der Waals surface area contributed by atoms with Crippen LogP contribution in [0.4, 0.5) is 0 Å². The van der Waals surface area contributed by atoms with Crippen molar-refractivity contribution in [2.45, 2.75) is 26.3 Å². The van der Waals surface area contributed by atoms with Crippen molar-refractivity contribution in [2.75, 3.05) is 13.1 Å². The maximum absolute atomic E-state index is 11.0. The van der Waals surface area contributed by atoms with Gasteiger partial charge in [-0.05, 0) is 43.5 Å². The van der Waals surface area contributed by atoms with Gasteiger partial charge in [-0.25, -0.2) is 0 Å². The number of aliphatic carboxylic acids is 1. The standard InChI is InChI=1S/C14H18ClNO2/c1-10-4-2-6-13(15)12(10)9-16-7-3-5-11(8-16)14(17)18/h2,4,6,11H,3,5,7-9H2,1H3,(H,17,18)/t11-/m1/s1. The van der Waals surface area contributed by atoms with Crippen LogP contribution in [0, 0.1) is 12.8 Å². The van der Waals surface area contributed by atoms with Gasteiger partial charge < -0.3 is 5.11 Å². The minimum absolute atomic E-state index is 0.235. The number of hydrogen-bond donors (Lipinski definition) is 1. The van der Waals surface area contributed by atoms with Gasteiger partial charge in [0.1, 0.15) is 0 Å². The average molecular weight is 268 g/mol. The molecule has 4 heteroatoms. The number of hydrogen-bond acceptors (Lipinski definition) is 2. The van der Waals surface area contributed by atoms with E-state index in [4.69, 9.17) is 16.7 Å². The summed E-state index contributed by atoms with van der Waals surface area (Å²) in [6, 6.07) is 5.87. The number of benzene rings is 1. The second-order valence-electron chi connectivity index (χ2n) is 4.95. The van der Waals surface area contributed by atoms with Crippen LogP contribution in [-0.2, 0) is 11.3 Å². The summed E-state index contributed by atoms with van der Waals surface area (Å²) in [5, 5.41) is 9.85. The summed E-state index contributed by atoms with van der Waals surface area (Å²) in [5.41, 5.74) is 2.28. The third-order valence-electron chi connectivity index (χ3n) is 3.59. The van der Waals surface area contributed by atoms with Crippen LogP contribution in [0.5, 0.6) is 0 Å². The third kappa shape index (κ3) is 3.03. The molecule has 1 heterocycles. The van der Waals surface area contributed by atoms with Crippen molar-refractivity contribution in [3.8, 4) is 0 Å². The molecule has 98 valence electrons. The summed E-state index contributed by atoms with van der Waals surface area (Å²) in [6.07, 6.45) is 1.73. The summed E-state index contributed by atoms with van der Waals surface area (Å²) in [6.45, 7) is 4.36. The van der Waals surface area contributed by atoms with E-state index in [1.54, 1.807) is 0 Å². The van der Waals surface area contributed by atoms with Crippen molar-refractivity contribution in [3.05, 3.63) is 34.3 Å². The third-order valence-corrected chi connectivity index (χ3v) is 3.94. The topological polar surface area (TPSA) is 40.5 Å². The van der Waals surface area contributed by atoms with E-state index in [9.17, 15) is 4.79 Å². The van der Waals surface area contributed by atoms with Crippen molar-refractivity contribution >= 4 is 17.6 Å². The molecule has 0 bridgehead atoms. The molecule has 0 aromatic heterocycles. The van der Waals surface area contributed by atoms with Crippen LogP contribution in [0.3, 0.4) is 0 Å². The Balaban J connectivity index is 2.07. The Kier molecular flexibility index (Phi) is 4.25. The van der Waals surface area contributed by atoms with E-state index in [-0.39, 0.29) is 5.92 Å². The van der Waals surface area contributed by atoms with Gasteiger partial charge in [-0.2, -0.15) is 0 Å². The lowest BCUT2D eigenvalue weighted by Gasteiger charge is -2.31. The average Bonchev–Trinajstić information content (AvgIpc) is 2.34. The van der Waals surface area contributed by atoms with Gasteiger partial charge in [-0.3, -0.25) is 9.69 Å². The molecule has 1 N–H and O–H groups in total. The highest BCUT2D eigenvalue weighted by molar-refractivity contribution is 6.31. The van der Waals surface area contributed by atoms with E-state index in [2.05, 4.69) is 4.90 Å². The summed E-state index contributed by atoms with van der Waals surface area (Å²) in [4.78, 5) is 13.2. The number of likely N-dealkylation sites (tertiary alicyclic amines) is 1. The van der Waals surface area contributed by atoms with Crippen molar-refractivity contribution in [1.82, 2.24) is 4.90 Å². The first-order valence-electron chi connectivity index (χ1n) is 6.27. The fourth-order valence-electron chi connectivity index (χ4n) is 2.49. The van der Waals surface area contributed by atoms with E-state index >= 15 is 0 Å². The summed E-state index contributed by atoms with van der Waals surface area (Å²) in [5.74, 6) is -0.919. The van der Waals surface area contributed by atoms with Gasteiger partial charge in [0, 0.05) is 18.1 Å². The zero-order valence-electron chi connectivity index (χ0n) is 10.5. The van der Waals surface area contributed by atoms with Crippen LogP contribution in [0.25, 0.3) is 0 Å².